The highest BCUT2D eigenvalue weighted by molar-refractivity contribution is 6.28. The topological polar surface area (TPSA) is 94.5 Å². The Hall–Kier alpha value is -2.03. The van der Waals surface area contributed by atoms with Crippen molar-refractivity contribution in [2.24, 2.45) is 0 Å². The fraction of sp³-hybridized carbons (Fsp3) is 0.400. The molecule has 2 aromatic heterocycles. The van der Waals surface area contributed by atoms with Gasteiger partial charge in [-0.05, 0) is 31.5 Å². The Kier molecular flexibility index (Phi) is 3.71. The number of hydrogen-bond donors (Lipinski definition) is 2. The Morgan fingerprint density at radius 2 is 2.05 bits per heavy atom. The Labute approximate surface area is 118 Å². The lowest BCUT2D eigenvalue weighted by Crippen LogP contribution is -2.30. The Morgan fingerprint density at radius 3 is 2.60 bits per heavy atom. The average molecular weight is 304 g/mol. The van der Waals surface area contributed by atoms with Gasteiger partial charge in [-0.3, -0.25) is 0 Å². The van der Waals surface area contributed by atoms with Crippen LogP contribution < -0.4 is 11.1 Å². The number of anilines is 2. The molecule has 0 saturated carbocycles. The molecule has 0 amide bonds. The van der Waals surface area contributed by atoms with E-state index in [4.69, 9.17) is 17.3 Å². The summed E-state index contributed by atoms with van der Waals surface area (Å²) < 4.78 is 25.6. The molecule has 0 saturated heterocycles. The van der Waals surface area contributed by atoms with Crippen LogP contribution in [0.25, 0.3) is 0 Å². The van der Waals surface area contributed by atoms with Crippen LogP contribution in [0.5, 0.6) is 0 Å². The molecule has 0 aliphatic carbocycles. The number of rotatable bonds is 4. The van der Waals surface area contributed by atoms with Crippen LogP contribution in [0.15, 0.2) is 12.3 Å². The molecular formula is C10H12ClF2N7. The summed E-state index contributed by atoms with van der Waals surface area (Å²) in [6.07, 6.45) is 1.19. The monoisotopic (exact) mass is 303 g/mol. The number of nitrogens with two attached hydrogens (primary N) is 1. The van der Waals surface area contributed by atoms with Crippen molar-refractivity contribution in [1.29, 1.82) is 0 Å². The molecule has 0 bridgehead atoms. The van der Waals surface area contributed by atoms with Crippen molar-refractivity contribution in [3.05, 3.63) is 23.2 Å². The van der Waals surface area contributed by atoms with Gasteiger partial charge in [-0.2, -0.15) is 28.8 Å². The number of aromatic nitrogens is 5. The molecule has 2 aromatic rings. The smallest absolute Gasteiger partial charge is 0.333 e. The van der Waals surface area contributed by atoms with Gasteiger partial charge in [-0.1, -0.05) is 0 Å². The Bertz CT molecular complexity index is 593. The SMILES string of the molecule is CC(C)(Nc1nc(N)nc(Cl)n1)c1ccn(C(F)F)n1. The number of alkyl halides is 2. The molecule has 108 valence electrons. The van der Waals surface area contributed by atoms with E-state index in [9.17, 15) is 8.78 Å². The van der Waals surface area contributed by atoms with Crippen molar-refractivity contribution in [3.63, 3.8) is 0 Å². The first kappa shape index (κ1) is 14.4. The lowest BCUT2D eigenvalue weighted by Gasteiger charge is -2.24. The summed E-state index contributed by atoms with van der Waals surface area (Å²) in [6, 6.07) is 1.48. The zero-order chi connectivity index (χ0) is 14.9. The number of halogens is 3. The maximum absolute atomic E-state index is 12.5. The molecule has 0 aliphatic heterocycles. The summed E-state index contributed by atoms with van der Waals surface area (Å²) in [4.78, 5) is 11.3. The highest BCUT2D eigenvalue weighted by atomic mass is 35.5. The summed E-state index contributed by atoms with van der Waals surface area (Å²) in [5, 5.41) is 6.65. The lowest BCUT2D eigenvalue weighted by molar-refractivity contribution is 0.0558. The van der Waals surface area contributed by atoms with Crippen LogP contribution in [0, 0.1) is 0 Å². The third-order valence-electron chi connectivity index (χ3n) is 2.50. The van der Waals surface area contributed by atoms with Gasteiger partial charge in [0.2, 0.25) is 17.2 Å². The van der Waals surface area contributed by atoms with Crippen LogP contribution in [0.1, 0.15) is 26.1 Å². The van der Waals surface area contributed by atoms with E-state index in [0.29, 0.717) is 10.4 Å². The molecule has 3 N–H and O–H groups in total. The van der Waals surface area contributed by atoms with Crippen molar-refractivity contribution < 1.29 is 8.78 Å². The number of nitrogen functional groups attached to an aromatic ring is 1. The normalized spacial score (nSPS) is 11.9. The van der Waals surface area contributed by atoms with E-state index in [2.05, 4.69) is 25.4 Å². The van der Waals surface area contributed by atoms with Crippen molar-refractivity contribution in [2.45, 2.75) is 25.9 Å². The molecule has 0 fully saturated rings. The average Bonchev–Trinajstić information content (AvgIpc) is 2.76. The molecular weight excluding hydrogens is 292 g/mol. The molecule has 0 atom stereocenters. The maximum atomic E-state index is 12.5. The second-order valence-corrected chi connectivity index (χ2v) is 4.83. The molecule has 2 heterocycles. The second-order valence-electron chi connectivity index (χ2n) is 4.49. The van der Waals surface area contributed by atoms with Crippen molar-refractivity contribution in [1.82, 2.24) is 24.7 Å². The van der Waals surface area contributed by atoms with E-state index in [1.165, 1.54) is 12.3 Å². The fourth-order valence-corrected chi connectivity index (χ4v) is 1.71. The Balaban J connectivity index is 2.25. The summed E-state index contributed by atoms with van der Waals surface area (Å²) >= 11 is 5.67. The number of nitrogens with one attached hydrogen (secondary N) is 1. The van der Waals surface area contributed by atoms with Crippen LogP contribution in [-0.2, 0) is 5.54 Å². The number of hydrogen-bond acceptors (Lipinski definition) is 6. The molecule has 0 aliphatic rings. The van der Waals surface area contributed by atoms with E-state index in [1.807, 2.05) is 0 Å². The fourth-order valence-electron chi connectivity index (χ4n) is 1.54. The lowest BCUT2D eigenvalue weighted by atomic mass is 10.0. The van der Waals surface area contributed by atoms with E-state index < -0.39 is 12.1 Å². The first-order valence-corrected chi connectivity index (χ1v) is 5.95. The molecule has 0 unspecified atom stereocenters. The second kappa shape index (κ2) is 5.16. The summed E-state index contributed by atoms with van der Waals surface area (Å²) in [5.41, 5.74) is 5.06. The van der Waals surface area contributed by atoms with Crippen molar-refractivity contribution >= 4 is 23.5 Å². The van der Waals surface area contributed by atoms with Gasteiger partial charge in [0.05, 0.1) is 11.2 Å². The van der Waals surface area contributed by atoms with E-state index in [-0.39, 0.29) is 17.2 Å². The minimum atomic E-state index is -2.69. The predicted molar refractivity (Wildman–Crippen MR) is 69.4 cm³/mol. The third-order valence-corrected chi connectivity index (χ3v) is 2.67. The first-order chi connectivity index (χ1) is 9.28. The minimum Gasteiger partial charge on any atom is -0.368 e. The van der Waals surface area contributed by atoms with Gasteiger partial charge in [0.1, 0.15) is 0 Å². The summed E-state index contributed by atoms with van der Waals surface area (Å²) in [6.45, 7) is 0.778. The third kappa shape index (κ3) is 3.10. The summed E-state index contributed by atoms with van der Waals surface area (Å²) in [5.74, 6) is 0.0977. The molecule has 0 spiro atoms. The van der Waals surface area contributed by atoms with Crippen LogP contribution in [0.2, 0.25) is 5.28 Å². The predicted octanol–water partition coefficient (Wildman–Crippen LogP) is 2.05. The van der Waals surface area contributed by atoms with Gasteiger partial charge in [-0.25, -0.2) is 4.68 Å². The molecule has 20 heavy (non-hydrogen) atoms. The quantitative estimate of drug-likeness (QED) is 0.897. The van der Waals surface area contributed by atoms with E-state index in [1.54, 1.807) is 13.8 Å². The Morgan fingerprint density at radius 1 is 1.35 bits per heavy atom. The van der Waals surface area contributed by atoms with Crippen LogP contribution in [0.4, 0.5) is 20.7 Å². The standard InChI is InChI=1S/C10H12ClF2N7/c1-10(2,5-3-4-20(19-5)7(12)13)18-9-16-6(11)15-8(14)17-9/h3-4,7H,1-2H3,(H3,14,15,16,17,18). The van der Waals surface area contributed by atoms with Crippen LogP contribution >= 0.6 is 11.6 Å². The van der Waals surface area contributed by atoms with Gasteiger partial charge in [0.25, 0.3) is 0 Å². The van der Waals surface area contributed by atoms with Gasteiger partial charge < -0.3 is 11.1 Å². The van der Waals surface area contributed by atoms with Crippen LogP contribution in [-0.4, -0.2) is 24.7 Å². The molecule has 7 nitrogen and oxygen atoms in total. The molecule has 0 radical (unpaired) electrons. The van der Waals surface area contributed by atoms with E-state index >= 15 is 0 Å². The highest BCUT2D eigenvalue weighted by Crippen LogP contribution is 2.24. The first-order valence-electron chi connectivity index (χ1n) is 5.57. The van der Waals surface area contributed by atoms with Gasteiger partial charge >= 0.3 is 6.55 Å². The van der Waals surface area contributed by atoms with Gasteiger partial charge in [0, 0.05) is 6.20 Å². The van der Waals surface area contributed by atoms with E-state index in [0.717, 1.165) is 0 Å². The van der Waals surface area contributed by atoms with Crippen molar-refractivity contribution in [2.75, 3.05) is 11.1 Å². The molecule has 0 aromatic carbocycles. The minimum absolute atomic E-state index is 0.0404. The highest BCUT2D eigenvalue weighted by Gasteiger charge is 2.25. The molecule has 10 heteroatoms. The zero-order valence-electron chi connectivity index (χ0n) is 10.7. The maximum Gasteiger partial charge on any atom is 0.333 e. The summed E-state index contributed by atoms with van der Waals surface area (Å²) in [7, 11) is 0. The van der Waals surface area contributed by atoms with Gasteiger partial charge in [0.15, 0.2) is 0 Å². The van der Waals surface area contributed by atoms with Crippen LogP contribution in [0.3, 0.4) is 0 Å². The van der Waals surface area contributed by atoms with Gasteiger partial charge in [-0.15, -0.1) is 0 Å². The molecule has 2 rings (SSSR count). The largest absolute Gasteiger partial charge is 0.368 e. The zero-order valence-corrected chi connectivity index (χ0v) is 11.4. The number of nitrogens with zero attached hydrogens (tertiary/aromatic N) is 5. The van der Waals surface area contributed by atoms with Crippen molar-refractivity contribution in [3.8, 4) is 0 Å².